The standard InChI is InChI=1S/C13H27NO2/c1-11(9-16-3)14-13(2,10-15)12-7-5-4-6-8-12/h11-12,14-15H,4-10H2,1-3H3. The Morgan fingerprint density at radius 2 is 2.00 bits per heavy atom. The van der Waals surface area contributed by atoms with Crippen LogP contribution in [0.2, 0.25) is 0 Å². The molecule has 16 heavy (non-hydrogen) atoms. The summed E-state index contributed by atoms with van der Waals surface area (Å²) < 4.78 is 5.14. The van der Waals surface area contributed by atoms with Crippen LogP contribution in [0.1, 0.15) is 46.0 Å². The molecule has 0 amide bonds. The average molecular weight is 229 g/mol. The van der Waals surface area contributed by atoms with Gasteiger partial charge in [-0.05, 0) is 32.6 Å². The molecule has 0 aromatic carbocycles. The zero-order chi connectivity index (χ0) is 12.0. The molecule has 0 saturated heterocycles. The Kier molecular flexibility index (Phi) is 5.73. The second-order valence-electron chi connectivity index (χ2n) is 5.41. The van der Waals surface area contributed by atoms with Gasteiger partial charge in [0.1, 0.15) is 0 Å². The summed E-state index contributed by atoms with van der Waals surface area (Å²) in [5.74, 6) is 0.602. The molecule has 1 fully saturated rings. The zero-order valence-corrected chi connectivity index (χ0v) is 11.0. The topological polar surface area (TPSA) is 41.5 Å². The van der Waals surface area contributed by atoms with Crippen LogP contribution in [-0.4, -0.2) is 37.0 Å². The van der Waals surface area contributed by atoms with Crippen molar-refractivity contribution in [2.45, 2.75) is 57.5 Å². The maximum absolute atomic E-state index is 9.65. The van der Waals surface area contributed by atoms with Gasteiger partial charge in [-0.3, -0.25) is 0 Å². The predicted octanol–water partition coefficient (Wildman–Crippen LogP) is 1.94. The highest BCUT2D eigenvalue weighted by atomic mass is 16.5. The van der Waals surface area contributed by atoms with Gasteiger partial charge in [-0.25, -0.2) is 0 Å². The zero-order valence-electron chi connectivity index (χ0n) is 11.0. The largest absolute Gasteiger partial charge is 0.394 e. The van der Waals surface area contributed by atoms with Crippen LogP contribution in [0, 0.1) is 5.92 Å². The van der Waals surface area contributed by atoms with E-state index in [-0.39, 0.29) is 12.1 Å². The Balaban J connectivity index is 2.53. The molecule has 0 aromatic rings. The molecule has 2 atom stereocenters. The van der Waals surface area contributed by atoms with Gasteiger partial charge in [-0.2, -0.15) is 0 Å². The number of methoxy groups -OCH3 is 1. The van der Waals surface area contributed by atoms with E-state index >= 15 is 0 Å². The van der Waals surface area contributed by atoms with Crippen LogP contribution in [-0.2, 0) is 4.74 Å². The number of aliphatic hydroxyl groups is 1. The molecule has 2 N–H and O–H groups in total. The molecule has 0 spiro atoms. The van der Waals surface area contributed by atoms with Gasteiger partial charge in [0.25, 0.3) is 0 Å². The summed E-state index contributed by atoms with van der Waals surface area (Å²) in [4.78, 5) is 0. The fraction of sp³-hybridized carbons (Fsp3) is 1.00. The Labute approximate surface area is 99.6 Å². The van der Waals surface area contributed by atoms with Gasteiger partial charge in [0, 0.05) is 18.7 Å². The molecule has 0 aromatic heterocycles. The molecule has 1 aliphatic rings. The lowest BCUT2D eigenvalue weighted by Crippen LogP contribution is -2.56. The minimum atomic E-state index is -0.141. The Morgan fingerprint density at radius 1 is 1.38 bits per heavy atom. The van der Waals surface area contributed by atoms with E-state index in [9.17, 15) is 5.11 Å². The number of rotatable bonds is 6. The molecule has 0 radical (unpaired) electrons. The summed E-state index contributed by atoms with van der Waals surface area (Å²) in [7, 11) is 1.72. The fourth-order valence-corrected chi connectivity index (χ4v) is 2.89. The van der Waals surface area contributed by atoms with Gasteiger partial charge in [0.15, 0.2) is 0 Å². The molecular weight excluding hydrogens is 202 g/mol. The second-order valence-corrected chi connectivity index (χ2v) is 5.41. The van der Waals surface area contributed by atoms with E-state index in [1.165, 1.54) is 32.1 Å². The Bertz CT molecular complexity index is 192. The molecule has 3 heteroatoms. The van der Waals surface area contributed by atoms with Crippen molar-refractivity contribution in [3.05, 3.63) is 0 Å². The van der Waals surface area contributed by atoms with E-state index in [0.717, 1.165) is 0 Å². The first-order chi connectivity index (χ1) is 7.62. The van der Waals surface area contributed by atoms with Crippen molar-refractivity contribution in [2.75, 3.05) is 20.3 Å². The lowest BCUT2D eigenvalue weighted by molar-refractivity contribution is 0.0689. The maximum atomic E-state index is 9.65. The summed E-state index contributed by atoms with van der Waals surface area (Å²) in [6.07, 6.45) is 6.44. The van der Waals surface area contributed by atoms with E-state index in [1.807, 2.05) is 0 Å². The molecule has 1 saturated carbocycles. The number of hydrogen-bond acceptors (Lipinski definition) is 3. The fourth-order valence-electron chi connectivity index (χ4n) is 2.89. The van der Waals surface area contributed by atoms with Crippen molar-refractivity contribution in [3.63, 3.8) is 0 Å². The normalized spacial score (nSPS) is 24.0. The average Bonchev–Trinajstić information content (AvgIpc) is 2.30. The monoisotopic (exact) mass is 229 g/mol. The highest BCUT2D eigenvalue weighted by molar-refractivity contribution is 4.92. The van der Waals surface area contributed by atoms with Crippen LogP contribution in [0.25, 0.3) is 0 Å². The van der Waals surface area contributed by atoms with Crippen molar-refractivity contribution in [2.24, 2.45) is 5.92 Å². The summed E-state index contributed by atoms with van der Waals surface area (Å²) in [6.45, 7) is 5.17. The van der Waals surface area contributed by atoms with Crippen LogP contribution in [0.3, 0.4) is 0 Å². The minimum absolute atomic E-state index is 0.141. The van der Waals surface area contributed by atoms with E-state index < -0.39 is 0 Å². The quantitative estimate of drug-likeness (QED) is 0.731. The molecule has 0 aliphatic heterocycles. The predicted molar refractivity (Wildman–Crippen MR) is 66.5 cm³/mol. The first-order valence-corrected chi connectivity index (χ1v) is 6.50. The van der Waals surface area contributed by atoms with Gasteiger partial charge in [-0.1, -0.05) is 19.3 Å². The van der Waals surface area contributed by atoms with Crippen LogP contribution in [0.4, 0.5) is 0 Å². The van der Waals surface area contributed by atoms with Crippen LogP contribution in [0.5, 0.6) is 0 Å². The molecule has 1 aliphatic carbocycles. The summed E-state index contributed by atoms with van der Waals surface area (Å²) >= 11 is 0. The maximum Gasteiger partial charge on any atom is 0.0613 e. The summed E-state index contributed by atoms with van der Waals surface area (Å²) in [5.41, 5.74) is -0.141. The van der Waals surface area contributed by atoms with Crippen molar-refractivity contribution in [1.82, 2.24) is 5.32 Å². The smallest absolute Gasteiger partial charge is 0.0613 e. The van der Waals surface area contributed by atoms with Crippen molar-refractivity contribution < 1.29 is 9.84 Å². The molecular formula is C13H27NO2. The van der Waals surface area contributed by atoms with E-state index in [2.05, 4.69) is 19.2 Å². The molecule has 96 valence electrons. The minimum Gasteiger partial charge on any atom is -0.394 e. The number of ether oxygens (including phenoxy) is 1. The molecule has 1 rings (SSSR count). The van der Waals surface area contributed by atoms with E-state index in [0.29, 0.717) is 18.6 Å². The molecule has 0 bridgehead atoms. The van der Waals surface area contributed by atoms with Crippen molar-refractivity contribution >= 4 is 0 Å². The first kappa shape index (κ1) is 13.9. The number of nitrogens with one attached hydrogen (secondary N) is 1. The molecule has 3 nitrogen and oxygen atoms in total. The van der Waals surface area contributed by atoms with Crippen LogP contribution in [0.15, 0.2) is 0 Å². The van der Waals surface area contributed by atoms with Gasteiger partial charge in [0.05, 0.1) is 13.2 Å². The highest BCUT2D eigenvalue weighted by Gasteiger charge is 2.35. The van der Waals surface area contributed by atoms with Crippen molar-refractivity contribution in [3.8, 4) is 0 Å². The van der Waals surface area contributed by atoms with Crippen LogP contribution >= 0.6 is 0 Å². The van der Waals surface area contributed by atoms with Gasteiger partial charge in [0.2, 0.25) is 0 Å². The highest BCUT2D eigenvalue weighted by Crippen LogP contribution is 2.32. The van der Waals surface area contributed by atoms with E-state index in [1.54, 1.807) is 7.11 Å². The SMILES string of the molecule is COCC(C)NC(C)(CO)C1CCCCC1. The van der Waals surface area contributed by atoms with Gasteiger partial charge >= 0.3 is 0 Å². The second kappa shape index (κ2) is 6.58. The van der Waals surface area contributed by atoms with Crippen molar-refractivity contribution in [1.29, 1.82) is 0 Å². The Hall–Kier alpha value is -0.120. The Morgan fingerprint density at radius 3 is 2.50 bits per heavy atom. The lowest BCUT2D eigenvalue weighted by atomic mass is 9.75. The summed E-state index contributed by atoms with van der Waals surface area (Å²) in [6, 6.07) is 0.295. The molecule has 0 heterocycles. The summed E-state index contributed by atoms with van der Waals surface area (Å²) in [5, 5.41) is 13.2. The third kappa shape index (κ3) is 3.72. The third-order valence-electron chi connectivity index (χ3n) is 3.83. The third-order valence-corrected chi connectivity index (χ3v) is 3.83. The van der Waals surface area contributed by atoms with Gasteiger partial charge in [-0.15, -0.1) is 0 Å². The molecule has 2 unspecified atom stereocenters. The lowest BCUT2D eigenvalue weighted by Gasteiger charge is -2.41. The number of aliphatic hydroxyl groups excluding tert-OH is 1. The number of hydrogen-bond donors (Lipinski definition) is 2. The van der Waals surface area contributed by atoms with E-state index in [4.69, 9.17) is 4.74 Å². The first-order valence-electron chi connectivity index (χ1n) is 6.50. The van der Waals surface area contributed by atoms with Gasteiger partial charge < -0.3 is 15.2 Å². The van der Waals surface area contributed by atoms with Crippen LogP contribution < -0.4 is 5.32 Å².